The zero-order valence-corrected chi connectivity index (χ0v) is 42.3. The molecule has 0 saturated heterocycles. The van der Waals surface area contributed by atoms with Crippen molar-refractivity contribution in [2.75, 3.05) is 0 Å². The van der Waals surface area contributed by atoms with Gasteiger partial charge in [-0.2, -0.15) is 10.2 Å². The second-order valence-corrected chi connectivity index (χ2v) is 19.8. The summed E-state index contributed by atoms with van der Waals surface area (Å²) < 4.78 is 169. The standard InChI is InChI=1S/C30H23Cl2F5N5O4P.C16H15F3N5O4P.CH4/c1-18(29-28(37)11-38-15-40-29)30(14-42-17-39-16-41-42,22-9-8-19(33)10-27(22)36)46-47(43,44-12-20-23(31)4-2-6-25(20)34)45-13-21-24(32)5-3-7-26(21)35;1-10(15-14(19)5-20-7-22-15)16(28-29(25,26)27,6-24-9-21-8-23-24)12-3-2-11(17)4-13(12)18;/h2-11,15-18H,12-14H2,1H3;2-5,7-10H,6H2,1H3,(H2,25,26,27);1H4/t18-,30+;10-,16+;/m00./s1. The van der Waals surface area contributed by atoms with Gasteiger partial charge >= 0.3 is 15.6 Å². The van der Waals surface area contributed by atoms with Crippen LogP contribution in [0.25, 0.3) is 0 Å². The van der Waals surface area contributed by atoms with Gasteiger partial charge in [0.2, 0.25) is 0 Å². The SMILES string of the molecule is C.C[C@@H](c1ncncc1F)[C@@](Cn1cncn1)(OP(=O)(O)O)c1ccc(F)cc1F.C[C@@H](c1ncncc1F)[C@@](Cn1cncn1)(OP(=O)(OCc1c(F)cccc1Cl)OCc1c(F)cccc1Cl)c1ccc(F)cc1F. The lowest BCUT2D eigenvalue weighted by Crippen LogP contribution is -2.41. The van der Waals surface area contributed by atoms with Crippen LogP contribution in [0.15, 0.2) is 123 Å². The maximum atomic E-state index is 15.8. The molecule has 2 N–H and O–H groups in total. The topological polar surface area (TPSA) is 224 Å². The van der Waals surface area contributed by atoms with Gasteiger partial charge in [-0.3, -0.25) is 18.1 Å². The molecule has 0 spiro atoms. The van der Waals surface area contributed by atoms with Crippen LogP contribution < -0.4 is 0 Å². The number of aromatic nitrogens is 10. The minimum absolute atomic E-state index is 0. The van der Waals surface area contributed by atoms with E-state index in [0.29, 0.717) is 12.1 Å². The number of hydrogen-bond donors (Lipinski definition) is 2. The van der Waals surface area contributed by atoms with Gasteiger partial charge in [0.05, 0.1) is 50.1 Å². The molecule has 8 aromatic rings. The highest BCUT2D eigenvalue weighted by Gasteiger charge is 2.52. The van der Waals surface area contributed by atoms with Crippen molar-refractivity contribution in [3.63, 3.8) is 0 Å². The van der Waals surface area contributed by atoms with E-state index >= 15 is 8.78 Å². The minimum Gasteiger partial charge on any atom is -0.303 e. The molecule has 0 fully saturated rings. The van der Waals surface area contributed by atoms with Gasteiger partial charge in [-0.1, -0.05) is 68.7 Å². The van der Waals surface area contributed by atoms with Gasteiger partial charge in [0.15, 0.2) is 11.6 Å². The van der Waals surface area contributed by atoms with Crippen molar-refractivity contribution in [3.8, 4) is 0 Å². The van der Waals surface area contributed by atoms with Crippen LogP contribution in [-0.2, 0) is 64.7 Å². The maximum Gasteiger partial charge on any atom is 0.476 e. The van der Waals surface area contributed by atoms with Crippen LogP contribution >= 0.6 is 38.8 Å². The summed E-state index contributed by atoms with van der Waals surface area (Å²) in [5.74, 6) is -10.5. The molecule has 0 aliphatic rings. The highest BCUT2D eigenvalue weighted by atomic mass is 35.5. The summed E-state index contributed by atoms with van der Waals surface area (Å²) in [4.78, 5) is 41.7. The molecule has 8 rings (SSSR count). The van der Waals surface area contributed by atoms with Crippen molar-refractivity contribution in [1.82, 2.24) is 49.5 Å². The fourth-order valence-corrected chi connectivity index (χ4v) is 10.5. The largest absolute Gasteiger partial charge is 0.476 e. The monoisotopic (exact) mass is 1160 g/mol. The number of nitrogens with zero attached hydrogens (tertiary/aromatic N) is 10. The van der Waals surface area contributed by atoms with E-state index in [-0.39, 0.29) is 40.0 Å². The Balaban J connectivity index is 0.000000275. The zero-order valence-electron chi connectivity index (χ0n) is 39.0. The normalized spacial score (nSPS) is 14.1. The molecule has 18 nitrogen and oxygen atoms in total. The Labute approximate surface area is 442 Å². The van der Waals surface area contributed by atoms with Crippen LogP contribution in [-0.4, -0.2) is 59.3 Å². The quantitative estimate of drug-likeness (QED) is 0.0534. The highest BCUT2D eigenvalue weighted by molar-refractivity contribution is 7.48. The van der Waals surface area contributed by atoms with E-state index in [4.69, 9.17) is 41.3 Å². The summed E-state index contributed by atoms with van der Waals surface area (Å²) in [5, 5.41) is 7.67. The van der Waals surface area contributed by atoms with E-state index in [9.17, 15) is 45.3 Å². The number of phosphoric acid groups is 2. The second-order valence-electron chi connectivity index (χ2n) is 16.2. The minimum atomic E-state index is -5.28. The Morgan fingerprint density at radius 2 is 0.987 bits per heavy atom. The van der Waals surface area contributed by atoms with Gasteiger partial charge < -0.3 is 9.79 Å². The first-order valence-corrected chi connectivity index (χ1v) is 25.5. The van der Waals surface area contributed by atoms with Crippen LogP contribution in [0.2, 0.25) is 10.0 Å². The molecule has 0 amide bonds. The second kappa shape index (κ2) is 25.4. The predicted molar refractivity (Wildman–Crippen MR) is 258 cm³/mol. The van der Waals surface area contributed by atoms with E-state index in [1.54, 1.807) is 0 Å². The van der Waals surface area contributed by atoms with Gasteiger partial charge in [-0.05, 0) is 36.4 Å². The Morgan fingerprint density at radius 1 is 0.571 bits per heavy atom. The Morgan fingerprint density at radius 3 is 1.34 bits per heavy atom. The van der Waals surface area contributed by atoms with Crippen LogP contribution in [0, 0.1) is 46.5 Å². The van der Waals surface area contributed by atoms with Crippen molar-refractivity contribution in [2.24, 2.45) is 0 Å². The van der Waals surface area contributed by atoms with Gasteiger partial charge in [-0.15, -0.1) is 0 Å². The molecular weight excluding hydrogens is 1120 g/mol. The molecule has 0 unspecified atom stereocenters. The van der Waals surface area contributed by atoms with Gasteiger partial charge in [0.25, 0.3) is 0 Å². The lowest BCUT2D eigenvalue weighted by Gasteiger charge is -2.40. The average molecular weight is 1160 g/mol. The van der Waals surface area contributed by atoms with Crippen LogP contribution in [0.3, 0.4) is 0 Å². The highest BCUT2D eigenvalue weighted by Crippen LogP contribution is 2.60. The zero-order chi connectivity index (χ0) is 55.0. The summed E-state index contributed by atoms with van der Waals surface area (Å²) in [7, 11) is -10.5. The fraction of sp³-hybridized carbons (Fsp3) is 0.234. The molecular formula is C47H42Cl2F8N10O8P2. The number of halogens is 10. The number of hydrogen-bond acceptors (Lipinski definition) is 14. The molecule has 4 atom stereocenters. The van der Waals surface area contributed by atoms with Crippen LogP contribution in [0.4, 0.5) is 35.1 Å². The third-order valence-electron chi connectivity index (χ3n) is 11.5. The van der Waals surface area contributed by atoms with Gasteiger partial charge in [-0.25, -0.2) is 83.5 Å². The first-order valence-electron chi connectivity index (χ1n) is 21.7. The van der Waals surface area contributed by atoms with E-state index in [1.807, 2.05) is 0 Å². The molecule has 0 aliphatic carbocycles. The van der Waals surface area contributed by atoms with Gasteiger partial charge in [0, 0.05) is 56.3 Å². The average Bonchev–Trinajstić information content (AvgIpc) is 4.14. The van der Waals surface area contributed by atoms with Crippen molar-refractivity contribution in [2.45, 2.75) is 70.6 Å². The molecule has 4 aromatic carbocycles. The number of rotatable bonds is 20. The lowest BCUT2D eigenvalue weighted by atomic mass is 9.79. The Bertz CT molecular complexity index is 3300. The van der Waals surface area contributed by atoms with E-state index < -0.39 is 123 Å². The molecule has 4 heterocycles. The molecule has 0 saturated carbocycles. The van der Waals surface area contributed by atoms with Crippen molar-refractivity contribution in [1.29, 1.82) is 0 Å². The van der Waals surface area contributed by atoms with Crippen LogP contribution in [0.5, 0.6) is 0 Å². The summed E-state index contributed by atoms with van der Waals surface area (Å²) in [6.45, 7) is -0.0223. The third kappa shape index (κ3) is 14.2. The number of benzene rings is 4. The molecule has 0 aliphatic heterocycles. The van der Waals surface area contributed by atoms with E-state index in [1.165, 1.54) is 50.8 Å². The summed E-state index contributed by atoms with van der Waals surface area (Å²) in [5.41, 5.74) is -6.63. The predicted octanol–water partition coefficient (Wildman–Crippen LogP) is 11.3. The lowest BCUT2D eigenvalue weighted by molar-refractivity contribution is -0.0331. The molecule has 0 radical (unpaired) electrons. The third-order valence-corrected chi connectivity index (χ3v) is 14.2. The first kappa shape index (κ1) is 59.8. The van der Waals surface area contributed by atoms with Gasteiger partial charge in [0.1, 0.15) is 84.1 Å². The first-order chi connectivity index (χ1) is 36.0. The summed E-state index contributed by atoms with van der Waals surface area (Å²) in [6, 6.07) is 12.3. The maximum absolute atomic E-state index is 15.8. The van der Waals surface area contributed by atoms with E-state index in [2.05, 4.69) is 40.1 Å². The van der Waals surface area contributed by atoms with Crippen molar-refractivity contribution in [3.05, 3.63) is 213 Å². The van der Waals surface area contributed by atoms with Crippen LogP contribution in [0.1, 0.15) is 66.8 Å². The summed E-state index contributed by atoms with van der Waals surface area (Å²) in [6.07, 6.45) is 8.39. The molecule has 77 heavy (non-hydrogen) atoms. The van der Waals surface area contributed by atoms with Crippen molar-refractivity contribution >= 4 is 38.8 Å². The molecule has 0 bridgehead atoms. The molecule has 30 heteroatoms. The smallest absolute Gasteiger partial charge is 0.303 e. The van der Waals surface area contributed by atoms with E-state index in [0.717, 1.165) is 83.5 Å². The Hall–Kier alpha value is -6.44. The summed E-state index contributed by atoms with van der Waals surface area (Å²) >= 11 is 12.3. The fourth-order valence-electron chi connectivity index (χ4n) is 7.85. The number of phosphoric ester groups is 2. The molecule has 4 aromatic heterocycles. The van der Waals surface area contributed by atoms with Crippen molar-refractivity contribution < 1.29 is 72.1 Å². The Kier molecular flexibility index (Phi) is 19.7. The molecule has 408 valence electrons.